The third-order valence-electron chi connectivity index (χ3n) is 5.77. The van der Waals surface area contributed by atoms with E-state index >= 15 is 0 Å². The number of hydrogen-bond donors (Lipinski definition) is 2. The molecule has 0 aliphatic carbocycles. The van der Waals surface area contributed by atoms with E-state index in [0.29, 0.717) is 16.8 Å². The fourth-order valence-corrected chi connectivity index (χ4v) is 3.90. The summed E-state index contributed by atoms with van der Waals surface area (Å²) < 4.78 is 0. The van der Waals surface area contributed by atoms with E-state index in [1.165, 1.54) is 0 Å². The molecular formula is C24H26N4O3. The molecule has 2 amide bonds. The van der Waals surface area contributed by atoms with Crippen molar-refractivity contribution < 1.29 is 14.4 Å². The number of likely N-dealkylation sites (N-methyl/N-ethyl adjacent to an activating group) is 1. The smallest absolute Gasteiger partial charge is 0.292 e. The van der Waals surface area contributed by atoms with Gasteiger partial charge in [0, 0.05) is 54.9 Å². The highest BCUT2D eigenvalue weighted by Gasteiger charge is 2.23. The number of aromatic amines is 1. The van der Waals surface area contributed by atoms with Gasteiger partial charge in [0.05, 0.1) is 5.56 Å². The van der Waals surface area contributed by atoms with Crippen LogP contribution < -0.4 is 5.32 Å². The number of amides is 2. The lowest BCUT2D eigenvalue weighted by atomic mass is 10.1. The van der Waals surface area contributed by atoms with Crippen molar-refractivity contribution in [1.29, 1.82) is 0 Å². The topological polar surface area (TPSA) is 85.5 Å². The molecule has 0 unspecified atom stereocenters. The number of carbonyl (C=O) groups is 3. The van der Waals surface area contributed by atoms with Crippen LogP contribution in [0.2, 0.25) is 0 Å². The molecule has 0 radical (unpaired) electrons. The number of aromatic nitrogens is 1. The molecule has 4 rings (SSSR count). The predicted molar refractivity (Wildman–Crippen MR) is 119 cm³/mol. The quantitative estimate of drug-likeness (QED) is 0.492. The van der Waals surface area contributed by atoms with E-state index in [2.05, 4.69) is 22.2 Å². The van der Waals surface area contributed by atoms with Gasteiger partial charge in [0.25, 0.3) is 17.6 Å². The maximum absolute atomic E-state index is 12.7. The van der Waals surface area contributed by atoms with Crippen molar-refractivity contribution in [2.24, 2.45) is 0 Å². The van der Waals surface area contributed by atoms with Crippen LogP contribution in [0.1, 0.15) is 32.0 Å². The van der Waals surface area contributed by atoms with E-state index in [0.717, 1.165) is 42.6 Å². The lowest BCUT2D eigenvalue weighted by molar-refractivity contribution is -0.117. The van der Waals surface area contributed by atoms with Gasteiger partial charge in [-0.3, -0.25) is 14.4 Å². The molecular weight excluding hydrogens is 392 g/mol. The maximum atomic E-state index is 12.7. The number of rotatable bonds is 5. The molecule has 0 bridgehead atoms. The van der Waals surface area contributed by atoms with Gasteiger partial charge < -0.3 is 20.1 Å². The van der Waals surface area contributed by atoms with Gasteiger partial charge in [-0.1, -0.05) is 30.3 Å². The monoisotopic (exact) mass is 418 g/mol. The molecule has 0 saturated carbocycles. The van der Waals surface area contributed by atoms with E-state index < -0.39 is 11.7 Å². The van der Waals surface area contributed by atoms with Crippen molar-refractivity contribution in [3.8, 4) is 0 Å². The summed E-state index contributed by atoms with van der Waals surface area (Å²) in [5.74, 6) is -1.18. The minimum absolute atomic E-state index is 0.0219. The molecule has 1 fully saturated rings. The second-order valence-corrected chi connectivity index (χ2v) is 7.97. The molecule has 1 aromatic heterocycles. The van der Waals surface area contributed by atoms with Crippen LogP contribution in [0.5, 0.6) is 0 Å². The molecule has 7 nitrogen and oxygen atoms in total. The number of ketones is 1. The molecule has 2 aromatic carbocycles. The molecule has 0 atom stereocenters. The minimum atomic E-state index is -0.648. The largest absolute Gasteiger partial charge is 0.358 e. The van der Waals surface area contributed by atoms with Crippen LogP contribution in [0.3, 0.4) is 0 Å². The van der Waals surface area contributed by atoms with Crippen molar-refractivity contribution in [2.45, 2.75) is 13.5 Å². The molecule has 2 N–H and O–H groups in total. The van der Waals surface area contributed by atoms with E-state index in [1.54, 1.807) is 19.1 Å². The Morgan fingerprint density at radius 3 is 2.35 bits per heavy atom. The zero-order chi connectivity index (χ0) is 22.0. The number of H-pyrrole nitrogens is 1. The second kappa shape index (κ2) is 8.73. The summed E-state index contributed by atoms with van der Waals surface area (Å²) in [6.07, 6.45) is 0. The Bertz CT molecular complexity index is 1130. The third-order valence-corrected chi connectivity index (χ3v) is 5.77. The summed E-state index contributed by atoms with van der Waals surface area (Å²) in [4.78, 5) is 45.0. The third kappa shape index (κ3) is 4.36. The van der Waals surface area contributed by atoms with Gasteiger partial charge in [-0.25, -0.2) is 0 Å². The van der Waals surface area contributed by atoms with Crippen molar-refractivity contribution in [1.82, 2.24) is 20.1 Å². The second-order valence-electron chi connectivity index (χ2n) is 7.97. The highest BCUT2D eigenvalue weighted by molar-refractivity contribution is 6.45. The van der Waals surface area contributed by atoms with Crippen LogP contribution in [-0.4, -0.2) is 65.6 Å². The van der Waals surface area contributed by atoms with Crippen LogP contribution >= 0.6 is 0 Å². The first-order valence-electron chi connectivity index (χ1n) is 10.4. The van der Waals surface area contributed by atoms with Crippen LogP contribution in [0.15, 0.2) is 48.5 Å². The van der Waals surface area contributed by atoms with E-state index in [4.69, 9.17) is 0 Å². The number of piperazine rings is 1. The predicted octanol–water partition coefficient (Wildman–Crippen LogP) is 2.36. The molecule has 31 heavy (non-hydrogen) atoms. The zero-order valence-electron chi connectivity index (χ0n) is 17.8. The van der Waals surface area contributed by atoms with Gasteiger partial charge >= 0.3 is 0 Å². The molecule has 7 heteroatoms. The number of nitrogens with one attached hydrogen (secondary N) is 2. The first kappa shape index (κ1) is 20.8. The molecule has 1 aliphatic rings. The summed E-state index contributed by atoms with van der Waals surface area (Å²) in [7, 11) is 2.05. The van der Waals surface area contributed by atoms with Gasteiger partial charge in [0.1, 0.15) is 0 Å². The summed E-state index contributed by atoms with van der Waals surface area (Å²) in [6, 6.07) is 14.6. The molecule has 160 valence electrons. The van der Waals surface area contributed by atoms with Crippen LogP contribution in [0, 0.1) is 6.92 Å². The van der Waals surface area contributed by atoms with Crippen molar-refractivity contribution in [2.75, 3.05) is 33.2 Å². The Labute approximate surface area is 181 Å². The molecule has 3 aromatic rings. The number of benzene rings is 2. The van der Waals surface area contributed by atoms with Crippen molar-refractivity contribution >= 4 is 28.5 Å². The highest BCUT2D eigenvalue weighted by atomic mass is 16.2. The highest BCUT2D eigenvalue weighted by Crippen LogP contribution is 2.22. The number of carbonyl (C=O) groups excluding carboxylic acids is 3. The van der Waals surface area contributed by atoms with Crippen LogP contribution in [0.25, 0.3) is 10.9 Å². The molecule has 1 saturated heterocycles. The fourth-order valence-electron chi connectivity index (χ4n) is 3.90. The fraction of sp³-hybridized carbons (Fsp3) is 0.292. The van der Waals surface area contributed by atoms with Gasteiger partial charge in [-0.2, -0.15) is 0 Å². The standard InChI is InChI=1S/C24H26N4O3/c1-16-21(19-5-3-4-6-20(19)26-16)22(29)23(30)25-15-17-7-9-18(10-8-17)24(31)28-13-11-27(2)12-14-28/h3-10,26H,11-15H2,1-2H3,(H,25,30). The maximum Gasteiger partial charge on any atom is 0.292 e. The summed E-state index contributed by atoms with van der Waals surface area (Å²) in [5, 5.41) is 3.44. The number of para-hydroxylation sites is 1. The summed E-state index contributed by atoms with van der Waals surface area (Å²) in [6.45, 7) is 5.20. The number of fused-ring (bicyclic) bond motifs is 1. The average Bonchev–Trinajstić information content (AvgIpc) is 3.13. The lowest BCUT2D eigenvalue weighted by Gasteiger charge is -2.32. The molecule has 2 heterocycles. The Morgan fingerprint density at radius 1 is 0.968 bits per heavy atom. The van der Waals surface area contributed by atoms with Crippen LogP contribution in [0.4, 0.5) is 0 Å². The Kier molecular flexibility index (Phi) is 5.86. The molecule has 0 spiro atoms. The van der Waals surface area contributed by atoms with Gasteiger partial charge in [0.2, 0.25) is 0 Å². The Hall–Kier alpha value is -3.45. The van der Waals surface area contributed by atoms with Gasteiger partial charge in [-0.15, -0.1) is 0 Å². The van der Waals surface area contributed by atoms with Crippen molar-refractivity contribution in [3.05, 3.63) is 70.9 Å². The van der Waals surface area contributed by atoms with Crippen LogP contribution in [-0.2, 0) is 11.3 Å². The first-order valence-corrected chi connectivity index (χ1v) is 10.4. The van der Waals surface area contributed by atoms with Gasteiger partial charge in [0.15, 0.2) is 0 Å². The average molecular weight is 418 g/mol. The lowest BCUT2D eigenvalue weighted by Crippen LogP contribution is -2.47. The number of hydrogen-bond acceptors (Lipinski definition) is 4. The van der Waals surface area contributed by atoms with E-state index in [-0.39, 0.29) is 12.5 Å². The molecule has 1 aliphatic heterocycles. The normalized spacial score (nSPS) is 14.6. The first-order chi connectivity index (χ1) is 14.9. The Balaban J connectivity index is 1.37. The van der Waals surface area contributed by atoms with E-state index in [9.17, 15) is 14.4 Å². The van der Waals surface area contributed by atoms with Gasteiger partial charge in [-0.05, 0) is 37.7 Å². The number of nitrogens with zero attached hydrogens (tertiary/aromatic N) is 2. The number of aryl methyl sites for hydroxylation is 1. The summed E-state index contributed by atoms with van der Waals surface area (Å²) >= 11 is 0. The van der Waals surface area contributed by atoms with Crippen molar-refractivity contribution in [3.63, 3.8) is 0 Å². The Morgan fingerprint density at radius 2 is 1.65 bits per heavy atom. The SMILES string of the molecule is Cc1[nH]c2ccccc2c1C(=O)C(=O)NCc1ccc(C(=O)N2CCN(C)CC2)cc1. The van der Waals surface area contributed by atoms with E-state index in [1.807, 2.05) is 41.3 Å². The zero-order valence-corrected chi connectivity index (χ0v) is 17.8. The minimum Gasteiger partial charge on any atom is -0.358 e. The summed E-state index contributed by atoms with van der Waals surface area (Å²) in [5.41, 5.74) is 3.36. The number of Topliss-reactive ketones (excluding diaryl/α,β-unsaturated/α-hetero) is 1.